The van der Waals surface area contributed by atoms with Gasteiger partial charge in [0.15, 0.2) is 0 Å². The maximum atomic E-state index is 11.9. The molecular weight excluding hydrogens is 323 g/mol. The van der Waals surface area contributed by atoms with Crippen molar-refractivity contribution in [1.29, 1.82) is 0 Å². The zero-order chi connectivity index (χ0) is 15.0. The number of hydrogen-bond donors (Lipinski definition) is 3. The molecule has 5 nitrogen and oxygen atoms in total. The molecule has 4 N–H and O–H groups in total. The number of rotatable bonds is 8. The number of carbonyl (C=O) groups is 1. The first-order valence-electron chi connectivity index (χ1n) is 7.19. The van der Waals surface area contributed by atoms with Crippen LogP contribution in [0.15, 0.2) is 18.3 Å². The largest absolute Gasteiger partial charge is 0.370 e. The molecule has 0 aromatic carbocycles. The third-order valence-corrected chi connectivity index (χ3v) is 3.14. The molecule has 0 saturated carbocycles. The molecule has 0 aliphatic rings. The number of nitrogens with two attached hydrogens (primary N) is 1. The number of pyridine rings is 1. The molecule has 1 rings (SSSR count). The molecule has 1 heterocycles. The molecule has 0 bridgehead atoms. The van der Waals surface area contributed by atoms with Gasteiger partial charge < -0.3 is 16.4 Å². The molecule has 22 heavy (non-hydrogen) atoms. The Kier molecular flexibility index (Phi) is 12.2. The maximum absolute atomic E-state index is 11.9. The van der Waals surface area contributed by atoms with Gasteiger partial charge >= 0.3 is 0 Å². The van der Waals surface area contributed by atoms with Crippen LogP contribution in [0.4, 0.5) is 5.82 Å². The summed E-state index contributed by atoms with van der Waals surface area (Å²) in [6, 6.07) is 3.97. The second-order valence-corrected chi connectivity index (χ2v) is 5.42. The van der Waals surface area contributed by atoms with E-state index in [0.29, 0.717) is 13.0 Å². The molecule has 7 heteroatoms. The molecule has 0 saturated heterocycles. The normalized spacial score (nSPS) is 12.4. The summed E-state index contributed by atoms with van der Waals surface area (Å²) in [7, 11) is 0. The lowest BCUT2D eigenvalue weighted by molar-refractivity contribution is -0.126. The second kappa shape index (κ2) is 11.5. The highest BCUT2D eigenvalue weighted by Gasteiger charge is 2.26. The molecule has 0 fully saturated rings. The van der Waals surface area contributed by atoms with Gasteiger partial charge in [0.2, 0.25) is 5.91 Å². The summed E-state index contributed by atoms with van der Waals surface area (Å²) in [6.45, 7) is 7.20. The van der Waals surface area contributed by atoms with E-state index in [0.717, 1.165) is 30.8 Å². The lowest BCUT2D eigenvalue weighted by Gasteiger charge is -2.22. The van der Waals surface area contributed by atoms with E-state index in [9.17, 15) is 4.79 Å². The van der Waals surface area contributed by atoms with Crippen molar-refractivity contribution in [2.45, 2.75) is 45.6 Å². The van der Waals surface area contributed by atoms with Crippen LogP contribution in [-0.2, 0) is 4.79 Å². The van der Waals surface area contributed by atoms with E-state index in [2.05, 4.69) is 15.6 Å². The summed E-state index contributed by atoms with van der Waals surface area (Å²) in [5, 5.41) is 6.09. The number of aryl methyl sites for hydroxylation is 1. The van der Waals surface area contributed by atoms with Gasteiger partial charge in [-0.05, 0) is 38.3 Å². The number of carbonyl (C=O) groups excluding carboxylic acids is 1. The summed E-state index contributed by atoms with van der Waals surface area (Å²) < 4.78 is 0. The fourth-order valence-electron chi connectivity index (χ4n) is 1.91. The van der Waals surface area contributed by atoms with Crippen LogP contribution in [0, 0.1) is 6.92 Å². The first kappa shape index (κ1) is 23.2. The van der Waals surface area contributed by atoms with Gasteiger partial charge in [-0.1, -0.05) is 19.4 Å². The van der Waals surface area contributed by atoms with Crippen LogP contribution in [0.2, 0.25) is 0 Å². The third-order valence-electron chi connectivity index (χ3n) is 3.14. The lowest BCUT2D eigenvalue weighted by Crippen LogP contribution is -2.51. The van der Waals surface area contributed by atoms with Crippen molar-refractivity contribution < 1.29 is 4.79 Å². The van der Waals surface area contributed by atoms with Gasteiger partial charge in [0, 0.05) is 19.3 Å². The first-order valence-corrected chi connectivity index (χ1v) is 7.19. The Balaban J connectivity index is 0. The van der Waals surface area contributed by atoms with Crippen LogP contribution in [0.1, 0.15) is 38.7 Å². The van der Waals surface area contributed by atoms with E-state index < -0.39 is 5.54 Å². The van der Waals surface area contributed by atoms with Gasteiger partial charge in [0.1, 0.15) is 5.82 Å². The summed E-state index contributed by atoms with van der Waals surface area (Å²) in [6.07, 6.45) is 4.27. The zero-order valence-electron chi connectivity index (χ0n) is 13.5. The molecule has 128 valence electrons. The lowest BCUT2D eigenvalue weighted by atomic mass is 9.96. The molecule has 0 spiro atoms. The van der Waals surface area contributed by atoms with Crippen molar-refractivity contribution in [3.63, 3.8) is 0 Å². The van der Waals surface area contributed by atoms with Gasteiger partial charge in [0.25, 0.3) is 0 Å². The van der Waals surface area contributed by atoms with Crippen LogP contribution in [-0.4, -0.2) is 29.5 Å². The van der Waals surface area contributed by atoms with Crippen LogP contribution in [0.25, 0.3) is 0 Å². The molecule has 1 amide bonds. The minimum atomic E-state index is -0.763. The van der Waals surface area contributed by atoms with Crippen molar-refractivity contribution in [3.05, 3.63) is 23.9 Å². The van der Waals surface area contributed by atoms with E-state index in [4.69, 9.17) is 5.73 Å². The van der Waals surface area contributed by atoms with Crippen molar-refractivity contribution in [2.75, 3.05) is 18.4 Å². The third kappa shape index (κ3) is 8.41. The van der Waals surface area contributed by atoms with E-state index in [-0.39, 0.29) is 30.7 Å². The Morgan fingerprint density at radius 2 is 2.00 bits per heavy atom. The Labute approximate surface area is 145 Å². The zero-order valence-corrected chi connectivity index (χ0v) is 15.1. The maximum Gasteiger partial charge on any atom is 0.239 e. The molecule has 1 aromatic heterocycles. The Hall–Kier alpha value is -1.04. The highest BCUT2D eigenvalue weighted by atomic mass is 35.5. The quantitative estimate of drug-likeness (QED) is 0.629. The summed E-state index contributed by atoms with van der Waals surface area (Å²) in [5.41, 5.74) is 6.33. The Morgan fingerprint density at radius 1 is 1.32 bits per heavy atom. The number of nitrogens with one attached hydrogen (secondary N) is 2. The number of halogens is 2. The number of hydrogen-bond acceptors (Lipinski definition) is 4. The predicted molar refractivity (Wildman–Crippen MR) is 97.1 cm³/mol. The number of aromatic nitrogens is 1. The van der Waals surface area contributed by atoms with Gasteiger partial charge in [-0.2, -0.15) is 0 Å². The van der Waals surface area contributed by atoms with E-state index in [1.807, 2.05) is 32.2 Å². The standard InChI is InChI=1S/C15H26N4O.2ClH/c1-4-8-15(3,16)14(20)18-10-5-9-17-13-7-6-12(2)11-19-13;;/h6-7,11H,4-5,8-10,16H2,1-3H3,(H,17,19)(H,18,20);2*1H. The first-order chi connectivity index (χ1) is 9.45. The van der Waals surface area contributed by atoms with E-state index in [1.165, 1.54) is 0 Å². The van der Waals surface area contributed by atoms with Crippen molar-refractivity contribution in [3.8, 4) is 0 Å². The molecule has 1 unspecified atom stereocenters. The minimum Gasteiger partial charge on any atom is -0.370 e. The average molecular weight is 351 g/mol. The van der Waals surface area contributed by atoms with Gasteiger partial charge in [-0.3, -0.25) is 4.79 Å². The van der Waals surface area contributed by atoms with Crippen molar-refractivity contribution >= 4 is 36.5 Å². The summed E-state index contributed by atoms with van der Waals surface area (Å²) in [5.74, 6) is 0.782. The van der Waals surface area contributed by atoms with Crippen LogP contribution < -0.4 is 16.4 Å². The van der Waals surface area contributed by atoms with Crippen molar-refractivity contribution in [1.82, 2.24) is 10.3 Å². The summed E-state index contributed by atoms with van der Waals surface area (Å²) >= 11 is 0. The fourth-order valence-corrected chi connectivity index (χ4v) is 1.91. The molecule has 0 aliphatic carbocycles. The molecular formula is C15H28Cl2N4O. The van der Waals surface area contributed by atoms with E-state index in [1.54, 1.807) is 6.92 Å². The molecule has 0 radical (unpaired) electrons. The Bertz CT molecular complexity index is 424. The Morgan fingerprint density at radius 3 is 2.55 bits per heavy atom. The molecule has 1 aromatic rings. The molecule has 0 aliphatic heterocycles. The fraction of sp³-hybridized carbons (Fsp3) is 0.600. The minimum absolute atomic E-state index is 0. The second-order valence-electron chi connectivity index (χ2n) is 5.42. The monoisotopic (exact) mass is 350 g/mol. The highest BCUT2D eigenvalue weighted by Crippen LogP contribution is 2.08. The summed E-state index contributed by atoms with van der Waals surface area (Å²) in [4.78, 5) is 16.1. The topological polar surface area (TPSA) is 80.0 Å². The van der Waals surface area contributed by atoms with Crippen molar-refractivity contribution in [2.24, 2.45) is 5.73 Å². The molecule has 1 atom stereocenters. The predicted octanol–water partition coefficient (Wildman–Crippen LogP) is 2.67. The number of anilines is 1. The van der Waals surface area contributed by atoms with Gasteiger partial charge in [-0.15, -0.1) is 24.8 Å². The number of nitrogens with zero attached hydrogens (tertiary/aromatic N) is 1. The van der Waals surface area contributed by atoms with Crippen LogP contribution in [0.3, 0.4) is 0 Å². The highest BCUT2D eigenvalue weighted by molar-refractivity contribution is 5.86. The number of amides is 1. The van der Waals surface area contributed by atoms with Gasteiger partial charge in [0.05, 0.1) is 5.54 Å². The average Bonchev–Trinajstić information content (AvgIpc) is 2.40. The van der Waals surface area contributed by atoms with Crippen LogP contribution >= 0.6 is 24.8 Å². The van der Waals surface area contributed by atoms with E-state index >= 15 is 0 Å². The smallest absolute Gasteiger partial charge is 0.239 e. The van der Waals surface area contributed by atoms with Gasteiger partial charge in [-0.25, -0.2) is 4.98 Å². The van der Waals surface area contributed by atoms with Crippen LogP contribution in [0.5, 0.6) is 0 Å². The SMILES string of the molecule is CCCC(C)(N)C(=O)NCCCNc1ccc(C)cn1.Cl.Cl.